The van der Waals surface area contributed by atoms with Gasteiger partial charge in [-0.15, -0.1) is 0 Å². The second-order valence-electron chi connectivity index (χ2n) is 10.1. The van der Waals surface area contributed by atoms with Gasteiger partial charge in [0, 0.05) is 30.6 Å². The number of carbonyl (C=O) groups is 3. The Labute approximate surface area is 231 Å². The summed E-state index contributed by atoms with van der Waals surface area (Å²) < 4.78 is 7.69. The van der Waals surface area contributed by atoms with Gasteiger partial charge in [-0.2, -0.15) is 0 Å². The molecule has 0 saturated heterocycles. The van der Waals surface area contributed by atoms with Gasteiger partial charge in [0.2, 0.25) is 11.8 Å². The third-order valence-electron chi connectivity index (χ3n) is 6.51. The van der Waals surface area contributed by atoms with Crippen molar-refractivity contribution in [2.45, 2.75) is 45.7 Å². The number of urea groups is 1. The van der Waals surface area contributed by atoms with Gasteiger partial charge >= 0.3 is 12.0 Å². The van der Waals surface area contributed by atoms with E-state index in [1.165, 1.54) is 19.1 Å². The lowest BCUT2D eigenvalue weighted by molar-refractivity contribution is -0.124. The fourth-order valence-electron chi connectivity index (χ4n) is 4.64. The Morgan fingerprint density at radius 1 is 1.05 bits per heavy atom. The lowest BCUT2D eigenvalue weighted by atomic mass is 10.0. The first-order chi connectivity index (χ1) is 19.0. The van der Waals surface area contributed by atoms with Crippen molar-refractivity contribution in [3.63, 3.8) is 0 Å². The van der Waals surface area contributed by atoms with Crippen LogP contribution in [0.3, 0.4) is 0 Å². The number of aryl methyl sites for hydroxylation is 2. The van der Waals surface area contributed by atoms with Crippen LogP contribution < -0.4 is 16.0 Å². The molecule has 0 spiro atoms. The van der Waals surface area contributed by atoms with E-state index in [-0.39, 0.29) is 41.1 Å². The highest BCUT2D eigenvalue weighted by Crippen LogP contribution is 2.27. The summed E-state index contributed by atoms with van der Waals surface area (Å²) in [5.74, 6) is -1.59. The quantitative estimate of drug-likeness (QED) is 0.183. The van der Waals surface area contributed by atoms with Gasteiger partial charge < -0.3 is 35.1 Å². The third kappa shape index (κ3) is 6.42. The van der Waals surface area contributed by atoms with Gasteiger partial charge in [0.25, 0.3) is 0 Å². The van der Waals surface area contributed by atoms with E-state index in [0.29, 0.717) is 6.42 Å². The van der Waals surface area contributed by atoms with Crippen LogP contribution >= 0.6 is 0 Å². The molecule has 4 aromatic rings. The summed E-state index contributed by atoms with van der Waals surface area (Å²) in [4.78, 5) is 42.2. The Morgan fingerprint density at radius 3 is 2.42 bits per heavy atom. The van der Waals surface area contributed by atoms with Crippen LogP contribution in [0, 0.1) is 12.8 Å². The number of aromatic nitrogens is 2. The molecule has 210 valence electrons. The predicted octanol–water partition coefficient (Wildman–Crippen LogP) is 4.51. The number of phenolic OH excluding ortho intramolecular Hbond substituents is 1. The SMILES string of the molecule is Cc1oc([C@@H](Cc2cn(C)c3ccccc23)NC(=O)[C@H](CC(C)C)NC(=O)Nc2ccccc2O)nc1C(=O)O. The van der Waals surface area contributed by atoms with Crippen LogP contribution in [0.2, 0.25) is 0 Å². The number of nitrogens with zero attached hydrogens (tertiary/aromatic N) is 2. The maximum absolute atomic E-state index is 13.6. The van der Waals surface area contributed by atoms with Gasteiger partial charge in [0.15, 0.2) is 5.69 Å². The fourth-order valence-corrected chi connectivity index (χ4v) is 4.64. The summed E-state index contributed by atoms with van der Waals surface area (Å²) >= 11 is 0. The Hall–Kier alpha value is -4.80. The molecule has 11 nitrogen and oxygen atoms in total. The molecule has 0 radical (unpaired) electrons. The van der Waals surface area contributed by atoms with E-state index in [1.54, 1.807) is 12.1 Å². The zero-order valence-corrected chi connectivity index (χ0v) is 22.8. The second kappa shape index (κ2) is 11.9. The number of phenols is 1. The van der Waals surface area contributed by atoms with Gasteiger partial charge in [-0.3, -0.25) is 4.79 Å². The molecule has 0 unspecified atom stereocenters. The van der Waals surface area contributed by atoms with Crippen LogP contribution in [0.15, 0.2) is 59.1 Å². The van der Waals surface area contributed by atoms with Crippen molar-refractivity contribution in [3.05, 3.63) is 77.6 Å². The lowest BCUT2D eigenvalue weighted by Crippen LogP contribution is -2.49. The zero-order chi connectivity index (χ0) is 29.0. The number of benzene rings is 2. The molecule has 2 heterocycles. The van der Waals surface area contributed by atoms with Crippen molar-refractivity contribution in [3.8, 4) is 5.75 Å². The lowest BCUT2D eigenvalue weighted by Gasteiger charge is -2.23. The Bertz CT molecular complexity index is 1540. The number of carboxylic acids is 1. The van der Waals surface area contributed by atoms with Crippen LogP contribution in [0.5, 0.6) is 5.75 Å². The number of amides is 3. The number of carbonyl (C=O) groups excluding carboxylic acids is 2. The summed E-state index contributed by atoms with van der Waals surface area (Å²) in [7, 11) is 1.92. The molecule has 11 heteroatoms. The van der Waals surface area contributed by atoms with Gasteiger partial charge in [0.05, 0.1) is 5.69 Å². The molecule has 2 aromatic carbocycles. The maximum Gasteiger partial charge on any atom is 0.358 e. The summed E-state index contributed by atoms with van der Waals surface area (Å²) in [6.07, 6.45) is 2.54. The number of hydrogen-bond donors (Lipinski definition) is 5. The number of nitrogens with one attached hydrogen (secondary N) is 3. The number of rotatable bonds is 10. The number of hydrogen-bond acceptors (Lipinski definition) is 6. The minimum absolute atomic E-state index is 0.0538. The van der Waals surface area contributed by atoms with Crippen molar-refractivity contribution in [1.29, 1.82) is 0 Å². The van der Waals surface area contributed by atoms with Crippen LogP contribution in [0.4, 0.5) is 10.5 Å². The standard InChI is InChI=1S/C29H33N5O6/c1-16(2)13-21(32-29(39)31-20-10-6-8-12-24(20)35)26(36)30-22(27-33-25(28(37)38)17(3)40-27)14-18-15-34(4)23-11-7-5-9-19(18)23/h5-12,15-16,21-22,35H,13-14H2,1-4H3,(H,30,36)(H,37,38)(H2,31,32,39)/t21-,22+/m0/s1. The molecular formula is C29H33N5O6. The normalized spacial score (nSPS) is 12.7. The molecule has 0 aliphatic heterocycles. The van der Waals surface area contributed by atoms with Crippen molar-refractivity contribution >= 4 is 34.5 Å². The maximum atomic E-state index is 13.6. The Morgan fingerprint density at radius 2 is 1.75 bits per heavy atom. The van der Waals surface area contributed by atoms with E-state index in [1.807, 2.05) is 55.9 Å². The molecule has 0 bridgehead atoms. The van der Waals surface area contributed by atoms with Crippen LogP contribution in [0.1, 0.15) is 54.0 Å². The van der Waals surface area contributed by atoms with Gasteiger partial charge in [-0.25, -0.2) is 14.6 Å². The Balaban J connectivity index is 1.61. The molecular weight excluding hydrogens is 514 g/mol. The molecule has 2 atom stereocenters. The first-order valence-corrected chi connectivity index (χ1v) is 12.9. The molecule has 40 heavy (non-hydrogen) atoms. The minimum Gasteiger partial charge on any atom is -0.506 e. The summed E-state index contributed by atoms with van der Waals surface area (Å²) in [6, 6.07) is 11.7. The molecule has 0 fully saturated rings. The zero-order valence-electron chi connectivity index (χ0n) is 22.8. The number of oxazole rings is 1. The molecule has 5 N–H and O–H groups in total. The van der Waals surface area contributed by atoms with Crippen LogP contribution in [-0.4, -0.2) is 43.7 Å². The van der Waals surface area contributed by atoms with E-state index in [9.17, 15) is 24.6 Å². The monoisotopic (exact) mass is 547 g/mol. The van der Waals surface area contributed by atoms with E-state index >= 15 is 0 Å². The molecule has 0 aliphatic rings. The number of carboxylic acid groups (broad SMARTS) is 1. The van der Waals surface area contributed by atoms with E-state index < -0.39 is 30.0 Å². The van der Waals surface area contributed by atoms with E-state index in [4.69, 9.17) is 4.42 Å². The van der Waals surface area contributed by atoms with Gasteiger partial charge in [-0.1, -0.05) is 44.2 Å². The highest BCUT2D eigenvalue weighted by Gasteiger charge is 2.30. The van der Waals surface area contributed by atoms with Gasteiger partial charge in [-0.05, 0) is 43.0 Å². The number of fused-ring (bicyclic) bond motifs is 1. The summed E-state index contributed by atoms with van der Waals surface area (Å²) in [5, 5.41) is 28.7. The molecule has 4 rings (SSSR count). The number of para-hydroxylation sites is 3. The Kier molecular flexibility index (Phi) is 8.42. The van der Waals surface area contributed by atoms with Crippen molar-refractivity contribution in [2.75, 3.05) is 5.32 Å². The largest absolute Gasteiger partial charge is 0.506 e. The summed E-state index contributed by atoms with van der Waals surface area (Å²) in [5.41, 5.74) is 1.87. The first-order valence-electron chi connectivity index (χ1n) is 12.9. The smallest absolute Gasteiger partial charge is 0.358 e. The van der Waals surface area contributed by atoms with Gasteiger partial charge in [0.1, 0.15) is 23.6 Å². The van der Waals surface area contributed by atoms with Crippen LogP contribution in [0.25, 0.3) is 10.9 Å². The third-order valence-corrected chi connectivity index (χ3v) is 6.51. The topological polar surface area (TPSA) is 159 Å². The average Bonchev–Trinajstić information content (AvgIpc) is 3.44. The highest BCUT2D eigenvalue weighted by molar-refractivity contribution is 5.95. The first kappa shape index (κ1) is 28.2. The highest BCUT2D eigenvalue weighted by atomic mass is 16.4. The molecule has 0 aliphatic carbocycles. The van der Waals surface area contributed by atoms with E-state index in [0.717, 1.165) is 16.5 Å². The fraction of sp³-hybridized carbons (Fsp3) is 0.310. The van der Waals surface area contributed by atoms with Crippen molar-refractivity contribution in [1.82, 2.24) is 20.2 Å². The number of aromatic carboxylic acids is 1. The van der Waals surface area contributed by atoms with Crippen LogP contribution in [-0.2, 0) is 18.3 Å². The molecule has 3 amide bonds. The number of aromatic hydroxyl groups is 1. The van der Waals surface area contributed by atoms with Crippen molar-refractivity contribution < 1.29 is 29.0 Å². The molecule has 2 aromatic heterocycles. The molecule has 0 saturated carbocycles. The van der Waals surface area contributed by atoms with Crippen molar-refractivity contribution in [2.24, 2.45) is 13.0 Å². The predicted molar refractivity (Wildman–Crippen MR) is 149 cm³/mol. The second-order valence-corrected chi connectivity index (χ2v) is 10.1. The summed E-state index contributed by atoms with van der Waals surface area (Å²) in [6.45, 7) is 5.35. The van der Waals surface area contributed by atoms with E-state index in [2.05, 4.69) is 20.9 Å². The number of anilines is 1. The minimum atomic E-state index is -1.23. The average molecular weight is 548 g/mol.